The van der Waals surface area contributed by atoms with Gasteiger partial charge in [-0.1, -0.05) is 24.2 Å². The van der Waals surface area contributed by atoms with Gasteiger partial charge in [-0.05, 0) is 24.1 Å². The van der Waals surface area contributed by atoms with Crippen LogP contribution in [-0.4, -0.2) is 34.4 Å². The molecule has 1 unspecified atom stereocenters. The Morgan fingerprint density at radius 3 is 2.64 bits per heavy atom. The largest absolute Gasteiger partial charge is 0.363 e. The van der Waals surface area contributed by atoms with Crippen molar-refractivity contribution in [3.05, 3.63) is 48.0 Å². The van der Waals surface area contributed by atoms with Crippen LogP contribution in [0.4, 0.5) is 15.0 Å². The highest BCUT2D eigenvalue weighted by molar-refractivity contribution is 6.10. The maximum absolute atomic E-state index is 13.2. The molecule has 1 aliphatic heterocycles. The van der Waals surface area contributed by atoms with Gasteiger partial charge in [0.25, 0.3) is 5.91 Å². The molecule has 0 bridgehead atoms. The summed E-state index contributed by atoms with van der Waals surface area (Å²) in [6.45, 7) is 1.25. The number of carbonyl (C=O) groups is 3. The Morgan fingerprint density at radius 2 is 2.04 bits per heavy atom. The summed E-state index contributed by atoms with van der Waals surface area (Å²) in [5.41, 5.74) is -0.868. The van der Waals surface area contributed by atoms with Crippen molar-refractivity contribution in [1.82, 2.24) is 15.4 Å². The van der Waals surface area contributed by atoms with Crippen LogP contribution in [0.15, 0.2) is 41.1 Å². The molecule has 0 saturated carbocycles. The number of nitrogens with one attached hydrogen (secondary N) is 2. The Labute approximate surface area is 142 Å². The molecular formula is C16H15FN4O4. The molecule has 3 rings (SSSR count). The number of hydrogen-bond donors (Lipinski definition) is 2. The molecule has 1 aliphatic rings. The molecule has 2 N–H and O–H groups in total. The van der Waals surface area contributed by atoms with E-state index in [0.29, 0.717) is 5.56 Å². The summed E-state index contributed by atoms with van der Waals surface area (Å²) in [4.78, 5) is 37.9. The summed E-state index contributed by atoms with van der Waals surface area (Å²) in [5, 5.41) is 8.56. The van der Waals surface area contributed by atoms with Crippen molar-refractivity contribution >= 4 is 23.7 Å². The quantitative estimate of drug-likeness (QED) is 0.801. The lowest BCUT2D eigenvalue weighted by atomic mass is 9.87. The van der Waals surface area contributed by atoms with E-state index in [0.717, 1.165) is 4.90 Å². The summed E-state index contributed by atoms with van der Waals surface area (Å²) in [5.74, 6) is -1.43. The monoisotopic (exact) mass is 346 g/mol. The van der Waals surface area contributed by atoms with E-state index in [1.165, 1.54) is 36.6 Å². The van der Waals surface area contributed by atoms with Gasteiger partial charge in [0.2, 0.25) is 5.91 Å². The molecule has 25 heavy (non-hydrogen) atoms. The van der Waals surface area contributed by atoms with Crippen molar-refractivity contribution in [3.8, 4) is 0 Å². The lowest BCUT2D eigenvalue weighted by Gasteiger charge is -2.25. The number of rotatable bonds is 5. The standard InChI is InChI=1S/C16H15FN4O4/c1-2-16(10-3-5-11(17)6-4-10)14(23)21(15(24)19-16)9-13(22)18-12-7-8-25-20-12/h3-8H,2,9H2,1H3,(H,19,24)(H,18,20,22). The molecule has 0 radical (unpaired) electrons. The Balaban J connectivity index is 1.80. The fourth-order valence-corrected chi connectivity index (χ4v) is 2.75. The van der Waals surface area contributed by atoms with Crippen LogP contribution in [0.25, 0.3) is 0 Å². The van der Waals surface area contributed by atoms with Crippen LogP contribution in [0.3, 0.4) is 0 Å². The van der Waals surface area contributed by atoms with Gasteiger partial charge in [0.05, 0.1) is 0 Å². The molecule has 1 aromatic carbocycles. The molecule has 0 aliphatic carbocycles. The van der Waals surface area contributed by atoms with Gasteiger partial charge in [-0.25, -0.2) is 9.18 Å². The normalized spacial score (nSPS) is 19.8. The third-order valence-corrected chi connectivity index (χ3v) is 4.05. The van der Waals surface area contributed by atoms with Gasteiger partial charge < -0.3 is 15.2 Å². The van der Waals surface area contributed by atoms with Gasteiger partial charge in [0.15, 0.2) is 5.82 Å². The van der Waals surface area contributed by atoms with E-state index < -0.39 is 35.7 Å². The molecule has 2 aromatic rings. The molecule has 9 heteroatoms. The number of hydrogen-bond acceptors (Lipinski definition) is 5. The number of nitrogens with zero attached hydrogens (tertiary/aromatic N) is 2. The summed E-state index contributed by atoms with van der Waals surface area (Å²) in [7, 11) is 0. The minimum Gasteiger partial charge on any atom is -0.363 e. The summed E-state index contributed by atoms with van der Waals surface area (Å²) >= 11 is 0. The number of benzene rings is 1. The van der Waals surface area contributed by atoms with Crippen molar-refractivity contribution in [2.24, 2.45) is 0 Å². The van der Waals surface area contributed by atoms with Crippen molar-refractivity contribution in [1.29, 1.82) is 0 Å². The number of urea groups is 1. The van der Waals surface area contributed by atoms with Crippen LogP contribution in [0.1, 0.15) is 18.9 Å². The second-order valence-corrected chi connectivity index (χ2v) is 5.52. The minimum atomic E-state index is -1.32. The summed E-state index contributed by atoms with van der Waals surface area (Å²) in [6, 6.07) is 6.05. The number of halogens is 1. The first-order valence-corrected chi connectivity index (χ1v) is 7.56. The SMILES string of the molecule is CCC1(c2ccc(F)cc2)NC(=O)N(CC(=O)Nc2ccon2)C1=O. The highest BCUT2D eigenvalue weighted by Gasteiger charge is 2.51. The maximum Gasteiger partial charge on any atom is 0.325 e. The van der Waals surface area contributed by atoms with E-state index in [4.69, 9.17) is 0 Å². The molecular weight excluding hydrogens is 331 g/mol. The third-order valence-electron chi connectivity index (χ3n) is 4.05. The van der Waals surface area contributed by atoms with E-state index in [1.807, 2.05) is 0 Å². The molecule has 8 nitrogen and oxygen atoms in total. The van der Waals surface area contributed by atoms with E-state index in [2.05, 4.69) is 20.3 Å². The van der Waals surface area contributed by atoms with Gasteiger partial charge in [0.1, 0.15) is 24.2 Å². The highest BCUT2D eigenvalue weighted by atomic mass is 19.1. The van der Waals surface area contributed by atoms with Crippen molar-refractivity contribution in [2.45, 2.75) is 18.9 Å². The Hall–Kier alpha value is -3.23. The van der Waals surface area contributed by atoms with Gasteiger partial charge in [-0.3, -0.25) is 14.5 Å². The lowest BCUT2D eigenvalue weighted by Crippen LogP contribution is -2.44. The second-order valence-electron chi connectivity index (χ2n) is 5.52. The molecule has 1 aromatic heterocycles. The van der Waals surface area contributed by atoms with Crippen LogP contribution in [0, 0.1) is 5.82 Å². The Bertz CT molecular complexity index is 806. The van der Waals surface area contributed by atoms with Gasteiger partial charge in [-0.15, -0.1) is 0 Å². The molecule has 0 spiro atoms. The molecule has 1 fully saturated rings. The molecule has 2 heterocycles. The van der Waals surface area contributed by atoms with E-state index >= 15 is 0 Å². The number of anilines is 1. The highest BCUT2D eigenvalue weighted by Crippen LogP contribution is 2.32. The number of imide groups is 1. The van der Waals surface area contributed by atoms with Gasteiger partial charge in [0, 0.05) is 6.07 Å². The number of amides is 4. The summed E-state index contributed by atoms with van der Waals surface area (Å²) < 4.78 is 17.7. The topological polar surface area (TPSA) is 105 Å². The van der Waals surface area contributed by atoms with Crippen LogP contribution < -0.4 is 10.6 Å². The fourth-order valence-electron chi connectivity index (χ4n) is 2.75. The minimum absolute atomic E-state index is 0.178. The second kappa shape index (κ2) is 6.34. The predicted octanol–water partition coefficient (Wildman–Crippen LogP) is 1.61. The van der Waals surface area contributed by atoms with Crippen LogP contribution >= 0.6 is 0 Å². The van der Waals surface area contributed by atoms with Crippen molar-refractivity contribution in [3.63, 3.8) is 0 Å². The third kappa shape index (κ3) is 2.95. The van der Waals surface area contributed by atoms with Gasteiger partial charge >= 0.3 is 6.03 Å². The summed E-state index contributed by atoms with van der Waals surface area (Å²) in [6.07, 6.45) is 1.53. The van der Waals surface area contributed by atoms with Crippen molar-refractivity contribution < 1.29 is 23.3 Å². The first-order chi connectivity index (χ1) is 12.0. The van der Waals surface area contributed by atoms with Crippen LogP contribution in [0.2, 0.25) is 0 Å². The average Bonchev–Trinajstić information content (AvgIpc) is 3.18. The van der Waals surface area contributed by atoms with Crippen LogP contribution in [0.5, 0.6) is 0 Å². The average molecular weight is 346 g/mol. The van der Waals surface area contributed by atoms with Crippen LogP contribution in [-0.2, 0) is 15.1 Å². The maximum atomic E-state index is 13.2. The van der Waals surface area contributed by atoms with E-state index in [9.17, 15) is 18.8 Å². The lowest BCUT2D eigenvalue weighted by molar-refractivity contribution is -0.134. The molecule has 130 valence electrons. The Kier molecular flexibility index (Phi) is 4.22. The van der Waals surface area contributed by atoms with E-state index in [1.54, 1.807) is 6.92 Å². The van der Waals surface area contributed by atoms with Gasteiger partial charge in [-0.2, -0.15) is 0 Å². The smallest absolute Gasteiger partial charge is 0.325 e. The number of aromatic nitrogens is 1. The van der Waals surface area contributed by atoms with E-state index in [-0.39, 0.29) is 12.2 Å². The predicted molar refractivity (Wildman–Crippen MR) is 83.7 cm³/mol. The Morgan fingerprint density at radius 1 is 1.32 bits per heavy atom. The molecule has 1 saturated heterocycles. The number of carbonyl (C=O) groups excluding carboxylic acids is 3. The molecule has 1 atom stereocenters. The first kappa shape index (κ1) is 16.6. The zero-order valence-electron chi connectivity index (χ0n) is 13.3. The zero-order valence-corrected chi connectivity index (χ0v) is 13.3. The molecule has 4 amide bonds. The first-order valence-electron chi connectivity index (χ1n) is 7.56. The fraction of sp³-hybridized carbons (Fsp3) is 0.250. The van der Waals surface area contributed by atoms with Crippen molar-refractivity contribution in [2.75, 3.05) is 11.9 Å². The zero-order chi connectivity index (χ0) is 18.0.